The predicted octanol–water partition coefficient (Wildman–Crippen LogP) is 6.89. The lowest BCUT2D eigenvalue weighted by molar-refractivity contribution is -0.129. The van der Waals surface area contributed by atoms with Crippen molar-refractivity contribution in [3.8, 4) is 33.5 Å². The molecule has 6 aromatic rings. The van der Waals surface area contributed by atoms with Gasteiger partial charge >= 0.3 is 0 Å². The molecule has 7 rings (SSSR count). The molecular weight excluding hydrogens is 496 g/mol. The van der Waals surface area contributed by atoms with Crippen LogP contribution in [0.3, 0.4) is 0 Å². The molecule has 1 aliphatic rings. The maximum absolute atomic E-state index is 10.6. The van der Waals surface area contributed by atoms with Crippen molar-refractivity contribution in [3.05, 3.63) is 114 Å². The minimum absolute atomic E-state index is 0.198. The van der Waals surface area contributed by atoms with Gasteiger partial charge in [-0.15, -0.1) is 0 Å². The van der Waals surface area contributed by atoms with Crippen LogP contribution in [-0.4, -0.2) is 21.1 Å². The van der Waals surface area contributed by atoms with Crippen LogP contribution >= 0.6 is 0 Å². The number of fused-ring (bicyclic) bond motifs is 3. The fourth-order valence-electron chi connectivity index (χ4n) is 5.66. The largest absolute Gasteiger partial charge is 0.463 e. The lowest BCUT2D eigenvalue weighted by atomic mass is 9.72. The van der Waals surface area contributed by atoms with E-state index in [1.54, 1.807) is 0 Å². The Kier molecular flexibility index (Phi) is 5.90. The molecule has 0 radical (unpaired) electrons. The number of nitrogens with zero attached hydrogens (tertiary/aromatic N) is 3. The van der Waals surface area contributed by atoms with Crippen LogP contribution in [0.15, 0.2) is 103 Å². The summed E-state index contributed by atoms with van der Waals surface area (Å²) in [6.45, 7) is 0.720. The second kappa shape index (κ2) is 9.74. The number of hydrogen-bond donors (Lipinski definition) is 1. The van der Waals surface area contributed by atoms with Gasteiger partial charge in [-0.2, -0.15) is 5.10 Å². The Morgan fingerprint density at radius 3 is 2.25 bits per heavy atom. The zero-order valence-corrected chi connectivity index (χ0v) is 22.0. The van der Waals surface area contributed by atoms with Crippen LogP contribution in [0, 0.1) is 0 Å². The second-order valence-electron chi connectivity index (χ2n) is 10.5. The molecule has 40 heavy (non-hydrogen) atoms. The number of carbonyl (C=O) groups excluding carboxylic acids is 1. The highest BCUT2D eigenvalue weighted by Crippen LogP contribution is 2.40. The topological polar surface area (TPSA) is 82.5 Å². The van der Waals surface area contributed by atoms with Gasteiger partial charge in [-0.3, -0.25) is 4.79 Å². The van der Waals surface area contributed by atoms with E-state index in [2.05, 4.69) is 54.7 Å². The lowest BCUT2D eigenvalue weighted by Gasteiger charge is -2.38. The fraction of sp³-hybridized carbons (Fsp3) is 0.147. The van der Waals surface area contributed by atoms with Crippen molar-refractivity contribution in [1.82, 2.24) is 14.6 Å². The Balaban J connectivity index is 1.38. The van der Waals surface area contributed by atoms with Crippen molar-refractivity contribution >= 4 is 23.0 Å². The lowest BCUT2D eigenvalue weighted by Crippen LogP contribution is -2.43. The second-order valence-corrected chi connectivity index (χ2v) is 10.5. The molecule has 0 atom stereocenters. The van der Waals surface area contributed by atoms with Crippen LogP contribution in [0.25, 0.3) is 50.1 Å². The Labute approximate surface area is 232 Å². The Morgan fingerprint density at radius 2 is 1.55 bits per heavy atom. The van der Waals surface area contributed by atoms with Crippen molar-refractivity contribution in [2.45, 2.75) is 31.4 Å². The molecule has 2 N–H and O–H groups in total. The van der Waals surface area contributed by atoms with Crippen molar-refractivity contribution in [3.63, 3.8) is 0 Å². The molecule has 0 bridgehead atoms. The molecule has 4 aromatic carbocycles. The molecule has 1 fully saturated rings. The fourth-order valence-corrected chi connectivity index (χ4v) is 5.66. The third-order valence-electron chi connectivity index (χ3n) is 8.07. The number of carbonyl (C=O) groups is 1. The van der Waals surface area contributed by atoms with E-state index >= 15 is 0 Å². The number of aromatic nitrogens is 3. The zero-order valence-electron chi connectivity index (χ0n) is 22.0. The summed E-state index contributed by atoms with van der Waals surface area (Å²) < 4.78 is 6.78. The van der Waals surface area contributed by atoms with Gasteiger partial charge in [0, 0.05) is 33.8 Å². The Hall–Kier alpha value is -4.81. The number of ether oxygens (including phenoxy) is 1. The smallest absolute Gasteiger partial charge is 0.293 e. The quantitative estimate of drug-likeness (QED) is 0.230. The first-order chi connectivity index (χ1) is 19.6. The molecular formula is C34H28N4O2. The van der Waals surface area contributed by atoms with Crippen molar-refractivity contribution in [2.75, 3.05) is 0 Å². The standard InChI is InChI=1S/C34H28N4O2/c35-34(18-5-19-34)27-16-14-26(15-17-27)31-30(24-6-2-1-3-7-24)20-38-33(36-31)29-9-4-8-28(32(29)37-38)25-12-10-23(11-13-25)21-40-22-39/h1-4,6-17,20,22H,5,18-19,21,35H2. The molecule has 6 heteroatoms. The maximum atomic E-state index is 10.6. The van der Waals surface area contributed by atoms with Gasteiger partial charge in [-0.1, -0.05) is 91.0 Å². The monoisotopic (exact) mass is 524 g/mol. The van der Waals surface area contributed by atoms with E-state index in [-0.39, 0.29) is 12.1 Å². The summed E-state index contributed by atoms with van der Waals surface area (Å²) >= 11 is 0. The molecule has 2 heterocycles. The van der Waals surface area contributed by atoms with Crippen LogP contribution in [0.1, 0.15) is 30.4 Å². The van der Waals surface area contributed by atoms with Crippen LogP contribution < -0.4 is 5.73 Å². The molecule has 0 spiro atoms. The highest BCUT2D eigenvalue weighted by Gasteiger charge is 2.34. The summed E-state index contributed by atoms with van der Waals surface area (Å²) in [5.74, 6) is 0. The van der Waals surface area contributed by atoms with E-state index in [0.717, 1.165) is 68.5 Å². The minimum Gasteiger partial charge on any atom is -0.463 e. The SMILES string of the molecule is NC1(c2ccc(-c3nc4c5cccc(-c6ccc(COC=O)cc6)c5nn4cc3-c3ccccc3)cc2)CCC1. The molecule has 0 saturated heterocycles. The van der Waals surface area contributed by atoms with Crippen molar-refractivity contribution in [1.29, 1.82) is 0 Å². The Bertz CT molecular complexity index is 1840. The highest BCUT2D eigenvalue weighted by molar-refractivity contribution is 6.02. The minimum atomic E-state index is -0.198. The summed E-state index contributed by atoms with van der Waals surface area (Å²) in [4.78, 5) is 15.8. The van der Waals surface area contributed by atoms with Crippen LogP contribution in [0.2, 0.25) is 0 Å². The average molecular weight is 525 g/mol. The first kappa shape index (κ1) is 24.2. The van der Waals surface area contributed by atoms with Crippen LogP contribution in [0.5, 0.6) is 0 Å². The number of hydrogen-bond acceptors (Lipinski definition) is 5. The molecule has 1 saturated carbocycles. The first-order valence-electron chi connectivity index (χ1n) is 13.5. The number of benzene rings is 4. The molecule has 0 aliphatic heterocycles. The molecule has 0 unspecified atom stereocenters. The van der Waals surface area contributed by atoms with E-state index in [0.29, 0.717) is 6.47 Å². The molecule has 2 aromatic heterocycles. The maximum Gasteiger partial charge on any atom is 0.293 e. The highest BCUT2D eigenvalue weighted by atomic mass is 16.5. The number of rotatable bonds is 7. The molecule has 0 amide bonds. The first-order valence-corrected chi connectivity index (χ1v) is 13.5. The van der Waals surface area contributed by atoms with Gasteiger partial charge in [0.05, 0.1) is 5.69 Å². The number of nitrogens with two attached hydrogens (primary N) is 1. The van der Waals surface area contributed by atoms with Gasteiger partial charge in [0.2, 0.25) is 0 Å². The van der Waals surface area contributed by atoms with Gasteiger partial charge in [0.15, 0.2) is 5.65 Å². The summed E-state index contributed by atoms with van der Waals surface area (Å²) in [6, 6.07) is 33.1. The third-order valence-corrected chi connectivity index (χ3v) is 8.07. The van der Waals surface area contributed by atoms with Gasteiger partial charge in [-0.25, -0.2) is 9.50 Å². The van der Waals surface area contributed by atoms with Crippen LogP contribution in [0.4, 0.5) is 0 Å². The molecule has 6 nitrogen and oxygen atoms in total. The predicted molar refractivity (Wildman–Crippen MR) is 157 cm³/mol. The average Bonchev–Trinajstić information content (AvgIpc) is 3.37. The van der Waals surface area contributed by atoms with Crippen molar-refractivity contribution in [2.24, 2.45) is 5.73 Å². The van der Waals surface area contributed by atoms with E-state index in [9.17, 15) is 4.79 Å². The molecule has 1 aliphatic carbocycles. The van der Waals surface area contributed by atoms with Crippen molar-refractivity contribution < 1.29 is 9.53 Å². The summed E-state index contributed by atoms with van der Waals surface area (Å²) in [5.41, 5.74) is 16.3. The van der Waals surface area contributed by atoms with Gasteiger partial charge in [0.1, 0.15) is 12.1 Å². The van der Waals surface area contributed by atoms with Gasteiger partial charge in [-0.05, 0) is 47.6 Å². The third kappa shape index (κ3) is 4.14. The molecule has 196 valence electrons. The summed E-state index contributed by atoms with van der Waals surface area (Å²) in [7, 11) is 0. The van der Waals surface area contributed by atoms with Crippen LogP contribution in [-0.2, 0) is 21.7 Å². The van der Waals surface area contributed by atoms with E-state index in [1.165, 1.54) is 12.0 Å². The van der Waals surface area contributed by atoms with Gasteiger partial charge in [0.25, 0.3) is 6.47 Å². The van der Waals surface area contributed by atoms with E-state index < -0.39 is 0 Å². The van der Waals surface area contributed by atoms with Gasteiger partial charge < -0.3 is 10.5 Å². The van der Waals surface area contributed by atoms with E-state index in [4.69, 9.17) is 20.6 Å². The van der Waals surface area contributed by atoms with E-state index in [1.807, 2.05) is 53.0 Å². The zero-order chi connectivity index (χ0) is 27.1. The normalized spacial score (nSPS) is 14.2. The summed E-state index contributed by atoms with van der Waals surface area (Å²) in [5, 5.41) is 6.00. The summed E-state index contributed by atoms with van der Waals surface area (Å²) in [6.07, 6.45) is 5.33. The Morgan fingerprint density at radius 1 is 0.825 bits per heavy atom.